The number of hydrogen-bond donors (Lipinski definition) is 3. The lowest BCUT2D eigenvalue weighted by Crippen LogP contribution is -2.48. The van der Waals surface area contributed by atoms with Gasteiger partial charge in [-0.1, -0.05) is 54.5 Å². The van der Waals surface area contributed by atoms with E-state index in [0.717, 1.165) is 29.5 Å². The van der Waals surface area contributed by atoms with Crippen molar-refractivity contribution in [2.45, 2.75) is 109 Å². The fraction of sp³-hybridized carbons (Fsp3) is 0.513. The Morgan fingerprint density at radius 3 is 2.48 bits per heavy atom. The van der Waals surface area contributed by atoms with Crippen LogP contribution in [0.25, 0.3) is 0 Å². The number of hydrogen-bond acceptors (Lipinski definition) is 6. The van der Waals surface area contributed by atoms with Crippen molar-refractivity contribution >= 4 is 37.5 Å². The van der Waals surface area contributed by atoms with Gasteiger partial charge in [0.1, 0.15) is 6.10 Å². The molecule has 2 aromatic rings. The molecule has 3 amide bonds. The Kier molecular flexibility index (Phi) is 11.2. The smallest absolute Gasteiger partial charge is 0.264 e. The molecule has 3 aliphatic heterocycles. The second-order valence-corrected chi connectivity index (χ2v) is 18.8. The van der Waals surface area contributed by atoms with E-state index in [9.17, 15) is 24.6 Å². The van der Waals surface area contributed by atoms with Crippen LogP contribution in [0.15, 0.2) is 65.8 Å². The zero-order chi connectivity index (χ0) is 36.5. The van der Waals surface area contributed by atoms with Crippen LogP contribution in [0.4, 0.5) is 15.5 Å². The molecule has 1 saturated heterocycles. The molecule has 3 aliphatic rings. The molecule has 0 radical (unpaired) electrons. The van der Waals surface area contributed by atoms with E-state index in [1.54, 1.807) is 41.1 Å². The van der Waals surface area contributed by atoms with Crippen LogP contribution in [-0.4, -0.2) is 72.6 Å². The number of nitrogens with one attached hydrogen (secondary N) is 1. The molecule has 0 unspecified atom stereocenters. The number of carbonyl (C=O) groups is 3. The standard InChI is InChI=1S/C39H52FN3O6Si/c1-24(2)11-10-12-25(3)17-18-42-33-16-15-30(41-37(47)27(5)45)20-32(33)39(38(42)48)26(4)36(50(6,7)40)34(49-39)21-35(46)43-22-29-14-9-8-13-28(29)19-31(43)23-44/h8-9,11,13-17,20,26-27,31,34,36,44-45H,10,12,18-19,21-23H2,1-7H3,(H,41,47)/b25-17+/t26-,27-,31-,34+,36-,39+/m0/s1. The first kappa shape index (κ1) is 37.6. The van der Waals surface area contributed by atoms with E-state index >= 15 is 4.11 Å². The van der Waals surface area contributed by atoms with Crippen LogP contribution < -0.4 is 10.2 Å². The van der Waals surface area contributed by atoms with Crippen molar-refractivity contribution in [2.75, 3.05) is 23.4 Å². The summed E-state index contributed by atoms with van der Waals surface area (Å²) in [5.41, 5.74) is 3.64. The number of allylic oxidation sites excluding steroid dienone is 3. The number of aliphatic hydroxyl groups excluding tert-OH is 2. The molecule has 0 saturated carbocycles. The van der Waals surface area contributed by atoms with E-state index in [-0.39, 0.29) is 31.4 Å². The Balaban J connectivity index is 1.52. The summed E-state index contributed by atoms with van der Waals surface area (Å²) < 4.78 is 23.3. The van der Waals surface area contributed by atoms with Crippen molar-refractivity contribution in [3.05, 3.63) is 82.5 Å². The summed E-state index contributed by atoms with van der Waals surface area (Å²) in [6, 6.07) is 12.5. The third-order valence-electron chi connectivity index (χ3n) is 10.6. The highest BCUT2D eigenvalue weighted by atomic mass is 28.4. The topological polar surface area (TPSA) is 119 Å². The Bertz CT molecular complexity index is 1680. The van der Waals surface area contributed by atoms with Gasteiger partial charge in [0.15, 0.2) is 5.60 Å². The maximum Gasteiger partial charge on any atom is 0.264 e. The van der Waals surface area contributed by atoms with Crippen molar-refractivity contribution in [1.29, 1.82) is 0 Å². The predicted octanol–water partition coefficient (Wildman–Crippen LogP) is 6.16. The zero-order valence-corrected chi connectivity index (χ0v) is 31.3. The number of benzene rings is 2. The van der Waals surface area contributed by atoms with Crippen LogP contribution in [-0.2, 0) is 37.7 Å². The van der Waals surface area contributed by atoms with Gasteiger partial charge in [-0.15, -0.1) is 0 Å². The maximum atomic E-state index is 16.5. The molecule has 270 valence electrons. The Morgan fingerprint density at radius 1 is 1.14 bits per heavy atom. The van der Waals surface area contributed by atoms with Crippen LogP contribution in [0, 0.1) is 5.92 Å². The van der Waals surface area contributed by atoms with E-state index < -0.39 is 49.6 Å². The summed E-state index contributed by atoms with van der Waals surface area (Å²) in [5, 5.41) is 22.8. The first-order valence-corrected chi connectivity index (χ1v) is 20.6. The molecule has 6 atom stereocenters. The summed E-state index contributed by atoms with van der Waals surface area (Å²) in [5.74, 6) is -1.82. The van der Waals surface area contributed by atoms with Crippen molar-refractivity contribution in [1.82, 2.24) is 4.90 Å². The molecule has 3 N–H and O–H groups in total. The number of fused-ring (bicyclic) bond motifs is 3. The summed E-state index contributed by atoms with van der Waals surface area (Å²) >= 11 is 0. The Morgan fingerprint density at radius 2 is 1.84 bits per heavy atom. The molecule has 5 rings (SSSR count). The lowest BCUT2D eigenvalue weighted by molar-refractivity contribution is -0.150. The minimum Gasteiger partial charge on any atom is -0.394 e. The summed E-state index contributed by atoms with van der Waals surface area (Å²) in [6.07, 6.45) is 4.16. The minimum atomic E-state index is -3.57. The molecular weight excluding hydrogens is 654 g/mol. The van der Waals surface area contributed by atoms with Gasteiger partial charge in [-0.05, 0) is 89.4 Å². The fourth-order valence-corrected chi connectivity index (χ4v) is 10.5. The van der Waals surface area contributed by atoms with Gasteiger partial charge < -0.3 is 34.2 Å². The molecular formula is C39H52FN3O6Si. The highest BCUT2D eigenvalue weighted by Gasteiger charge is 2.67. The highest BCUT2D eigenvalue weighted by molar-refractivity contribution is 6.72. The van der Waals surface area contributed by atoms with E-state index in [2.05, 4.69) is 25.2 Å². The van der Waals surface area contributed by atoms with Gasteiger partial charge in [-0.3, -0.25) is 14.4 Å². The Labute approximate surface area is 296 Å². The fourth-order valence-electron chi connectivity index (χ4n) is 8.02. The molecule has 0 bridgehead atoms. The van der Waals surface area contributed by atoms with Crippen molar-refractivity contribution in [2.24, 2.45) is 5.92 Å². The molecule has 1 spiro atoms. The summed E-state index contributed by atoms with van der Waals surface area (Å²) in [4.78, 5) is 44.7. The highest BCUT2D eigenvalue weighted by Crippen LogP contribution is 2.60. The predicted molar refractivity (Wildman–Crippen MR) is 196 cm³/mol. The monoisotopic (exact) mass is 705 g/mol. The van der Waals surface area contributed by atoms with Gasteiger partial charge in [-0.2, -0.15) is 0 Å². The first-order valence-electron chi connectivity index (χ1n) is 17.7. The second kappa shape index (κ2) is 14.9. The van der Waals surface area contributed by atoms with Crippen molar-refractivity contribution in [3.8, 4) is 0 Å². The van der Waals surface area contributed by atoms with Crippen LogP contribution in [0.1, 0.15) is 70.6 Å². The van der Waals surface area contributed by atoms with E-state index in [1.165, 1.54) is 12.5 Å². The maximum absolute atomic E-state index is 16.5. The summed E-state index contributed by atoms with van der Waals surface area (Å²) in [7, 11) is -3.57. The normalized spacial score (nSPS) is 25.4. The number of aliphatic hydroxyl groups is 2. The minimum absolute atomic E-state index is 0.139. The number of anilines is 2. The van der Waals surface area contributed by atoms with Crippen molar-refractivity contribution in [3.63, 3.8) is 0 Å². The average Bonchev–Trinajstić information content (AvgIpc) is 3.48. The molecule has 2 aromatic carbocycles. The molecule has 0 aromatic heterocycles. The number of ether oxygens (including phenoxy) is 1. The average molecular weight is 706 g/mol. The van der Waals surface area contributed by atoms with Gasteiger partial charge in [0.25, 0.3) is 11.8 Å². The quantitative estimate of drug-likeness (QED) is 0.147. The molecule has 11 heteroatoms. The summed E-state index contributed by atoms with van der Waals surface area (Å²) in [6.45, 7) is 13.0. The van der Waals surface area contributed by atoms with Crippen LogP contribution in [0.3, 0.4) is 0 Å². The largest absolute Gasteiger partial charge is 0.394 e. The number of amides is 3. The molecule has 9 nitrogen and oxygen atoms in total. The SMILES string of the molecule is CC(C)=CCC/C(C)=C/CN1C(=O)[C@]2(O[C@H](CC(=O)N3Cc4ccccc4C[C@H]3CO)[C@@H]([Si](C)(C)F)[C@@H]2C)c2cc(NC(=O)[C@H](C)O)ccc21. The van der Waals surface area contributed by atoms with Gasteiger partial charge >= 0.3 is 0 Å². The third-order valence-corrected chi connectivity index (χ3v) is 13.0. The van der Waals surface area contributed by atoms with Gasteiger partial charge in [0.05, 0.1) is 30.9 Å². The molecule has 3 heterocycles. The number of halogens is 1. The second-order valence-electron chi connectivity index (χ2n) is 15.0. The lowest BCUT2D eigenvalue weighted by Gasteiger charge is -2.37. The zero-order valence-electron chi connectivity index (χ0n) is 30.3. The third kappa shape index (κ3) is 7.37. The van der Waals surface area contributed by atoms with Gasteiger partial charge in [-0.25, -0.2) is 0 Å². The van der Waals surface area contributed by atoms with E-state index in [0.29, 0.717) is 29.9 Å². The number of nitrogens with zero attached hydrogens (tertiary/aromatic N) is 2. The number of rotatable bonds is 11. The van der Waals surface area contributed by atoms with E-state index in [4.69, 9.17) is 4.74 Å². The Hall–Kier alpha value is -3.64. The first-order chi connectivity index (χ1) is 23.6. The van der Waals surface area contributed by atoms with Gasteiger partial charge in [0, 0.05) is 35.8 Å². The van der Waals surface area contributed by atoms with Crippen molar-refractivity contribution < 1.29 is 33.4 Å². The molecule has 1 fully saturated rings. The van der Waals surface area contributed by atoms with Crippen LogP contribution >= 0.6 is 0 Å². The van der Waals surface area contributed by atoms with Gasteiger partial charge in [0.2, 0.25) is 14.3 Å². The number of carbonyl (C=O) groups excluding carboxylic acids is 3. The molecule has 50 heavy (non-hydrogen) atoms. The van der Waals surface area contributed by atoms with E-state index in [1.807, 2.05) is 44.2 Å². The van der Waals surface area contributed by atoms with Crippen LogP contribution in [0.2, 0.25) is 18.6 Å². The van der Waals surface area contributed by atoms with Crippen LogP contribution in [0.5, 0.6) is 0 Å². The lowest BCUT2D eigenvalue weighted by atomic mass is 9.82. The molecule has 0 aliphatic carbocycles.